The average molecular weight is 431 g/mol. The van der Waals surface area contributed by atoms with E-state index in [0.29, 0.717) is 24.1 Å². The lowest BCUT2D eigenvalue weighted by Gasteiger charge is -2.22. The molecule has 1 aliphatic heterocycles. The SMILES string of the molecule is Cc1cc(C(=O)CN2C(=O)NC3(CCc4ccccc43)C2=O)c(C)n1-c1ccc(F)cc1. The van der Waals surface area contributed by atoms with Gasteiger partial charge in [0.15, 0.2) is 5.78 Å². The van der Waals surface area contributed by atoms with Crippen molar-refractivity contribution in [1.82, 2.24) is 14.8 Å². The summed E-state index contributed by atoms with van der Waals surface area (Å²) in [6.07, 6.45) is 1.18. The smallest absolute Gasteiger partial charge is 0.319 e. The van der Waals surface area contributed by atoms with Gasteiger partial charge in [0.1, 0.15) is 11.4 Å². The second-order valence-electron chi connectivity index (χ2n) is 8.40. The average Bonchev–Trinajstić information content (AvgIpc) is 3.37. The molecule has 162 valence electrons. The summed E-state index contributed by atoms with van der Waals surface area (Å²) in [5.41, 5.74) is 3.40. The number of hydrogen-bond acceptors (Lipinski definition) is 3. The summed E-state index contributed by atoms with van der Waals surface area (Å²) >= 11 is 0. The third-order valence-corrected chi connectivity index (χ3v) is 6.54. The molecule has 1 N–H and O–H groups in total. The fourth-order valence-electron chi connectivity index (χ4n) is 4.99. The molecule has 6 nitrogen and oxygen atoms in total. The first kappa shape index (κ1) is 20.2. The van der Waals surface area contributed by atoms with Crippen molar-refractivity contribution in [3.63, 3.8) is 0 Å². The van der Waals surface area contributed by atoms with Crippen molar-refractivity contribution < 1.29 is 18.8 Å². The molecule has 3 amide bonds. The highest BCUT2D eigenvalue weighted by Crippen LogP contribution is 2.41. The van der Waals surface area contributed by atoms with Crippen LogP contribution in [-0.4, -0.2) is 33.7 Å². The van der Waals surface area contributed by atoms with Crippen LogP contribution in [0.5, 0.6) is 0 Å². The summed E-state index contributed by atoms with van der Waals surface area (Å²) < 4.78 is 15.2. The van der Waals surface area contributed by atoms with E-state index in [4.69, 9.17) is 0 Å². The van der Waals surface area contributed by atoms with Crippen molar-refractivity contribution in [3.05, 3.63) is 88.5 Å². The molecule has 0 radical (unpaired) electrons. The van der Waals surface area contributed by atoms with Gasteiger partial charge in [0.2, 0.25) is 0 Å². The highest BCUT2D eigenvalue weighted by molar-refractivity contribution is 6.12. The molecule has 32 heavy (non-hydrogen) atoms. The number of aromatic nitrogens is 1. The van der Waals surface area contributed by atoms with Gasteiger partial charge in [-0.15, -0.1) is 0 Å². The minimum Gasteiger partial charge on any atom is -0.319 e. The number of hydrogen-bond donors (Lipinski definition) is 1. The maximum atomic E-state index is 13.3. The number of urea groups is 1. The van der Waals surface area contributed by atoms with Gasteiger partial charge < -0.3 is 9.88 Å². The standard InChI is InChI=1S/C25H22FN3O3/c1-15-13-20(16(2)29(15)19-9-7-18(26)8-10-19)22(30)14-28-23(31)25(27-24(28)32)12-11-17-5-3-4-6-21(17)25/h3-10,13H,11-12,14H2,1-2H3,(H,27,32). The number of carbonyl (C=O) groups is 3. The number of fused-ring (bicyclic) bond motifs is 2. The van der Waals surface area contributed by atoms with Crippen LogP contribution in [0.2, 0.25) is 0 Å². The van der Waals surface area contributed by atoms with E-state index >= 15 is 0 Å². The van der Waals surface area contributed by atoms with E-state index in [1.807, 2.05) is 35.8 Å². The number of aryl methyl sites for hydroxylation is 2. The van der Waals surface area contributed by atoms with Crippen LogP contribution in [0.3, 0.4) is 0 Å². The number of nitrogens with one attached hydrogen (secondary N) is 1. The van der Waals surface area contributed by atoms with Gasteiger partial charge in [-0.05, 0) is 68.1 Å². The summed E-state index contributed by atoms with van der Waals surface area (Å²) in [7, 11) is 0. The molecule has 1 atom stereocenters. The Morgan fingerprint density at radius 1 is 1.09 bits per heavy atom. The highest BCUT2D eigenvalue weighted by atomic mass is 19.1. The topological polar surface area (TPSA) is 71.4 Å². The Hall–Kier alpha value is -3.74. The van der Waals surface area contributed by atoms with Crippen LogP contribution in [0.15, 0.2) is 54.6 Å². The van der Waals surface area contributed by atoms with E-state index in [-0.39, 0.29) is 24.1 Å². The van der Waals surface area contributed by atoms with Gasteiger partial charge in [0.25, 0.3) is 5.91 Å². The maximum Gasteiger partial charge on any atom is 0.325 e. The molecule has 2 heterocycles. The predicted molar refractivity (Wildman–Crippen MR) is 116 cm³/mol. The van der Waals surface area contributed by atoms with Crippen molar-refractivity contribution in [2.75, 3.05) is 6.54 Å². The molecule has 1 unspecified atom stereocenters. The first-order valence-electron chi connectivity index (χ1n) is 10.5. The van der Waals surface area contributed by atoms with Gasteiger partial charge in [0.05, 0.1) is 6.54 Å². The number of rotatable bonds is 4. The van der Waals surface area contributed by atoms with E-state index < -0.39 is 11.6 Å². The lowest BCUT2D eigenvalue weighted by Crippen LogP contribution is -2.42. The lowest BCUT2D eigenvalue weighted by molar-refractivity contribution is -0.131. The Labute approximate surface area is 184 Å². The summed E-state index contributed by atoms with van der Waals surface area (Å²) in [5.74, 6) is -1.04. The zero-order valence-electron chi connectivity index (χ0n) is 17.8. The summed E-state index contributed by atoms with van der Waals surface area (Å²) in [4.78, 5) is 40.3. The number of benzene rings is 2. The van der Waals surface area contributed by atoms with Crippen LogP contribution in [0.1, 0.15) is 39.3 Å². The van der Waals surface area contributed by atoms with Crippen LogP contribution < -0.4 is 5.32 Å². The zero-order chi connectivity index (χ0) is 22.6. The molecule has 2 aliphatic rings. The third-order valence-electron chi connectivity index (χ3n) is 6.54. The number of nitrogens with zero attached hydrogens (tertiary/aromatic N) is 2. The van der Waals surface area contributed by atoms with E-state index in [2.05, 4.69) is 5.32 Å². The van der Waals surface area contributed by atoms with Gasteiger partial charge in [-0.2, -0.15) is 0 Å². The molecule has 0 saturated carbocycles. The first-order valence-corrected chi connectivity index (χ1v) is 10.5. The number of halogens is 1. The predicted octanol–water partition coefficient (Wildman–Crippen LogP) is 3.81. The fourth-order valence-corrected chi connectivity index (χ4v) is 4.99. The summed E-state index contributed by atoms with van der Waals surface area (Å²) in [6.45, 7) is 3.32. The number of carbonyl (C=O) groups excluding carboxylic acids is 3. The van der Waals surface area contributed by atoms with Crippen LogP contribution >= 0.6 is 0 Å². The van der Waals surface area contributed by atoms with E-state index in [9.17, 15) is 18.8 Å². The molecule has 1 aromatic heterocycles. The van der Waals surface area contributed by atoms with Crippen LogP contribution in [0.4, 0.5) is 9.18 Å². The summed E-state index contributed by atoms with van der Waals surface area (Å²) in [6, 6.07) is 14.8. The molecule has 7 heteroatoms. The third kappa shape index (κ3) is 2.88. The largest absolute Gasteiger partial charge is 0.325 e. The van der Waals surface area contributed by atoms with Gasteiger partial charge in [0, 0.05) is 22.6 Å². The quantitative estimate of drug-likeness (QED) is 0.504. The second kappa shape index (κ2) is 7.15. The van der Waals surface area contributed by atoms with Crippen LogP contribution in [-0.2, 0) is 16.8 Å². The molecule has 5 rings (SSSR count). The molecule has 1 saturated heterocycles. The van der Waals surface area contributed by atoms with Crippen molar-refractivity contribution >= 4 is 17.7 Å². The Morgan fingerprint density at radius 3 is 2.56 bits per heavy atom. The Bertz CT molecular complexity index is 1280. The van der Waals surface area contributed by atoms with E-state index in [1.54, 1.807) is 25.1 Å². The van der Waals surface area contributed by atoms with Crippen molar-refractivity contribution in [2.45, 2.75) is 32.2 Å². The van der Waals surface area contributed by atoms with Crippen molar-refractivity contribution in [2.24, 2.45) is 0 Å². The number of ketones is 1. The van der Waals surface area contributed by atoms with Gasteiger partial charge >= 0.3 is 6.03 Å². The fraction of sp³-hybridized carbons (Fsp3) is 0.240. The van der Waals surface area contributed by atoms with Gasteiger partial charge in [-0.25, -0.2) is 9.18 Å². The highest BCUT2D eigenvalue weighted by Gasteiger charge is 2.55. The molecule has 1 fully saturated rings. The normalized spacial score (nSPS) is 19.5. The van der Waals surface area contributed by atoms with Crippen LogP contribution in [0.25, 0.3) is 5.69 Å². The number of imide groups is 1. The van der Waals surface area contributed by atoms with Crippen LogP contribution in [0, 0.1) is 19.7 Å². The number of Topliss-reactive ketones (excluding diaryl/α,β-unsaturated/α-hetero) is 1. The first-order chi connectivity index (χ1) is 15.3. The summed E-state index contributed by atoms with van der Waals surface area (Å²) in [5, 5.41) is 2.85. The minimum atomic E-state index is -1.08. The lowest BCUT2D eigenvalue weighted by atomic mass is 9.92. The van der Waals surface area contributed by atoms with Gasteiger partial charge in [-0.1, -0.05) is 24.3 Å². The van der Waals surface area contributed by atoms with E-state index in [1.165, 1.54) is 12.1 Å². The zero-order valence-corrected chi connectivity index (χ0v) is 17.8. The van der Waals surface area contributed by atoms with E-state index in [0.717, 1.165) is 27.4 Å². The molecule has 2 aromatic carbocycles. The Morgan fingerprint density at radius 2 is 1.81 bits per heavy atom. The molecule has 1 spiro atoms. The van der Waals surface area contributed by atoms with Crippen molar-refractivity contribution in [3.8, 4) is 5.69 Å². The molecular formula is C25H22FN3O3. The monoisotopic (exact) mass is 431 g/mol. The molecule has 0 bridgehead atoms. The maximum absolute atomic E-state index is 13.3. The molecule has 3 aromatic rings. The van der Waals surface area contributed by atoms with Crippen molar-refractivity contribution in [1.29, 1.82) is 0 Å². The molecular weight excluding hydrogens is 409 g/mol. The van der Waals surface area contributed by atoms with Gasteiger partial charge in [-0.3, -0.25) is 14.5 Å². The minimum absolute atomic E-state index is 0.321. The second-order valence-corrected chi connectivity index (χ2v) is 8.40. The Kier molecular flexibility index (Phi) is 4.51. The Balaban J connectivity index is 1.43. The number of amides is 3. The molecule has 1 aliphatic carbocycles.